The van der Waals surface area contributed by atoms with E-state index in [0.29, 0.717) is 29.6 Å². The maximum Gasteiger partial charge on any atom is 0.326 e. The number of rotatable bonds is 13. The van der Waals surface area contributed by atoms with Crippen LogP contribution >= 0.6 is 0 Å². The summed E-state index contributed by atoms with van der Waals surface area (Å²) in [5.74, 6) is -3.03. The van der Waals surface area contributed by atoms with E-state index in [9.17, 15) is 24.3 Å². The number of carbonyl (C=O) groups is 4. The minimum absolute atomic E-state index is 0.0597. The second-order valence-corrected chi connectivity index (χ2v) is 12.6. The van der Waals surface area contributed by atoms with Crippen LogP contribution in [0.5, 0.6) is 0 Å². The van der Waals surface area contributed by atoms with Crippen molar-refractivity contribution < 1.29 is 28.7 Å². The summed E-state index contributed by atoms with van der Waals surface area (Å²) in [7, 11) is 1.63. The van der Waals surface area contributed by atoms with E-state index in [4.69, 9.17) is 0 Å². The molecule has 44 heavy (non-hydrogen) atoms. The number of aliphatic carboxylic acids is 1. The fourth-order valence-corrected chi connectivity index (χ4v) is 6.49. The first-order valence-electron chi connectivity index (χ1n) is 15.8. The number of urea groups is 1. The van der Waals surface area contributed by atoms with Crippen LogP contribution in [-0.4, -0.2) is 68.8 Å². The lowest BCUT2D eigenvalue weighted by molar-refractivity contribution is -0.139. The Balaban J connectivity index is 1.33. The van der Waals surface area contributed by atoms with E-state index in [2.05, 4.69) is 21.0 Å². The summed E-state index contributed by atoms with van der Waals surface area (Å²) in [6, 6.07) is 3.26. The second-order valence-electron chi connectivity index (χ2n) is 12.6. The average molecular weight is 611 g/mol. The number of carboxylic acids is 1. The number of hydrogen-bond acceptors (Lipinski definition) is 5. The molecule has 2 aromatic rings. The third-order valence-electron chi connectivity index (χ3n) is 9.83. The molecule has 1 heterocycles. The molecule has 3 aliphatic carbocycles. The Labute approximate surface area is 256 Å². The van der Waals surface area contributed by atoms with E-state index in [-0.39, 0.29) is 17.6 Å². The van der Waals surface area contributed by atoms with Crippen LogP contribution in [0.25, 0.3) is 0 Å². The SMILES string of the molecule is CCn1nccc1C(=O)N[C@H](C(=O)Nc1ccc([C@H](C)[C@@H](NC(=O)N(C)C2CC2)C(=O)O)cc1F)C(C1CCC1)C1CCC1. The van der Waals surface area contributed by atoms with Gasteiger partial charge in [-0.3, -0.25) is 14.3 Å². The van der Waals surface area contributed by atoms with Crippen molar-refractivity contribution in [3.8, 4) is 0 Å². The van der Waals surface area contributed by atoms with E-state index < -0.39 is 47.6 Å². The zero-order valence-electron chi connectivity index (χ0n) is 25.6. The standard InChI is InChI=1S/C32H43FN6O5/c1-4-39-25(15-16-34-39)29(40)36-28(26(19-7-5-8-19)20-9-6-10-20)30(41)35-24-14-11-21(17-23(24)33)18(2)27(31(42)43)37-32(44)38(3)22-12-13-22/h11,14-20,22,26-28H,4-10,12-13H2,1-3H3,(H,35,41)(H,36,40)(H,37,44)(H,42,43)/t18-,27+,28-/m0/s1. The Morgan fingerprint density at radius 1 is 1.02 bits per heavy atom. The van der Waals surface area contributed by atoms with Gasteiger partial charge in [0.2, 0.25) is 5.91 Å². The van der Waals surface area contributed by atoms with Crippen LogP contribution in [0.3, 0.4) is 0 Å². The molecule has 11 nitrogen and oxygen atoms in total. The number of hydrogen-bond donors (Lipinski definition) is 4. The van der Waals surface area contributed by atoms with Gasteiger partial charge in [0, 0.05) is 31.7 Å². The van der Waals surface area contributed by atoms with Crippen molar-refractivity contribution >= 4 is 29.5 Å². The molecule has 3 fully saturated rings. The number of carboxylic acid groups (broad SMARTS) is 1. The Morgan fingerprint density at radius 3 is 2.20 bits per heavy atom. The van der Waals surface area contributed by atoms with Crippen LogP contribution in [0.2, 0.25) is 0 Å². The monoisotopic (exact) mass is 610 g/mol. The summed E-state index contributed by atoms with van der Waals surface area (Å²) in [5.41, 5.74) is 0.662. The normalized spacial score (nSPS) is 18.8. The maximum atomic E-state index is 15.5. The van der Waals surface area contributed by atoms with E-state index >= 15 is 4.39 Å². The van der Waals surface area contributed by atoms with Gasteiger partial charge in [0.25, 0.3) is 5.91 Å². The van der Waals surface area contributed by atoms with Crippen LogP contribution in [0, 0.1) is 23.6 Å². The number of nitrogens with zero attached hydrogens (tertiary/aromatic N) is 3. The van der Waals surface area contributed by atoms with E-state index in [1.54, 1.807) is 37.0 Å². The molecular weight excluding hydrogens is 567 g/mol. The second kappa shape index (κ2) is 13.4. The molecule has 3 saturated carbocycles. The lowest BCUT2D eigenvalue weighted by Gasteiger charge is -2.46. The Bertz CT molecular complexity index is 1370. The van der Waals surface area contributed by atoms with Crippen LogP contribution in [-0.2, 0) is 16.1 Å². The van der Waals surface area contributed by atoms with Gasteiger partial charge in [0.1, 0.15) is 23.6 Å². The first-order valence-corrected chi connectivity index (χ1v) is 15.8. The number of anilines is 1. The summed E-state index contributed by atoms with van der Waals surface area (Å²) in [5, 5.41) is 22.3. The Kier molecular flexibility index (Phi) is 9.55. The molecular formula is C32H43FN6O5. The van der Waals surface area contributed by atoms with Gasteiger partial charge in [-0.25, -0.2) is 14.0 Å². The van der Waals surface area contributed by atoms with Gasteiger partial charge in [-0.05, 0) is 61.3 Å². The number of aryl methyl sites for hydroxylation is 1. The number of halogens is 1. The average Bonchev–Trinajstić information content (AvgIpc) is 3.68. The van der Waals surface area contributed by atoms with Crippen LogP contribution in [0.4, 0.5) is 14.9 Å². The van der Waals surface area contributed by atoms with Gasteiger partial charge < -0.3 is 26.0 Å². The largest absolute Gasteiger partial charge is 0.480 e. The number of carbonyl (C=O) groups excluding carboxylic acids is 3. The molecule has 0 saturated heterocycles. The molecule has 3 atom stereocenters. The fraction of sp³-hybridized carbons (Fsp3) is 0.594. The van der Waals surface area contributed by atoms with Gasteiger partial charge in [0.15, 0.2) is 0 Å². The molecule has 1 aromatic heterocycles. The molecule has 0 bridgehead atoms. The van der Waals surface area contributed by atoms with Crippen LogP contribution in [0.15, 0.2) is 30.5 Å². The first kappa shape index (κ1) is 31.5. The van der Waals surface area contributed by atoms with Gasteiger partial charge in [0.05, 0.1) is 5.69 Å². The van der Waals surface area contributed by atoms with Gasteiger partial charge >= 0.3 is 12.0 Å². The van der Waals surface area contributed by atoms with Crippen molar-refractivity contribution in [2.75, 3.05) is 12.4 Å². The number of aromatic nitrogens is 2. The highest BCUT2D eigenvalue weighted by molar-refractivity contribution is 6.00. The summed E-state index contributed by atoms with van der Waals surface area (Å²) in [6.07, 6.45) is 9.45. The van der Waals surface area contributed by atoms with Crippen molar-refractivity contribution in [2.45, 2.75) is 95.8 Å². The van der Waals surface area contributed by atoms with Gasteiger partial charge in [-0.2, -0.15) is 5.10 Å². The lowest BCUT2D eigenvalue weighted by atomic mass is 9.62. The van der Waals surface area contributed by atoms with Crippen molar-refractivity contribution in [3.05, 3.63) is 47.5 Å². The highest BCUT2D eigenvalue weighted by Gasteiger charge is 2.44. The molecule has 12 heteroatoms. The maximum absolute atomic E-state index is 15.5. The molecule has 3 aliphatic rings. The van der Waals surface area contributed by atoms with Crippen molar-refractivity contribution in [3.63, 3.8) is 0 Å². The van der Waals surface area contributed by atoms with Crippen molar-refractivity contribution in [2.24, 2.45) is 17.8 Å². The summed E-state index contributed by atoms with van der Waals surface area (Å²) >= 11 is 0. The third-order valence-corrected chi connectivity index (χ3v) is 9.83. The predicted octanol–water partition coefficient (Wildman–Crippen LogP) is 4.36. The lowest BCUT2D eigenvalue weighted by Crippen LogP contribution is -2.55. The molecule has 0 unspecified atom stereocenters. The zero-order valence-corrected chi connectivity index (χ0v) is 25.6. The van der Waals surface area contributed by atoms with Crippen molar-refractivity contribution in [1.29, 1.82) is 0 Å². The number of nitrogens with one attached hydrogen (secondary N) is 3. The highest BCUT2D eigenvalue weighted by Crippen LogP contribution is 2.46. The van der Waals surface area contributed by atoms with E-state index in [1.165, 1.54) is 17.0 Å². The fourth-order valence-electron chi connectivity index (χ4n) is 6.49. The van der Waals surface area contributed by atoms with E-state index in [0.717, 1.165) is 51.4 Å². The van der Waals surface area contributed by atoms with Crippen LogP contribution < -0.4 is 16.0 Å². The summed E-state index contributed by atoms with van der Waals surface area (Å²) < 4.78 is 17.1. The molecule has 0 radical (unpaired) electrons. The zero-order chi connectivity index (χ0) is 31.5. The minimum atomic E-state index is -1.27. The Hall–Kier alpha value is -3.96. The van der Waals surface area contributed by atoms with E-state index in [1.807, 2.05) is 6.92 Å². The number of amides is 4. The number of benzene rings is 1. The Morgan fingerprint density at radius 2 is 1.68 bits per heavy atom. The predicted molar refractivity (Wildman–Crippen MR) is 162 cm³/mol. The topological polar surface area (TPSA) is 146 Å². The molecule has 5 rings (SSSR count). The van der Waals surface area contributed by atoms with Gasteiger partial charge in [-0.1, -0.05) is 51.5 Å². The molecule has 4 N–H and O–H groups in total. The molecule has 1 aromatic carbocycles. The molecule has 4 amide bonds. The summed E-state index contributed by atoms with van der Waals surface area (Å²) in [4.78, 5) is 53.4. The first-order chi connectivity index (χ1) is 21.1. The summed E-state index contributed by atoms with van der Waals surface area (Å²) in [6.45, 7) is 3.99. The highest BCUT2D eigenvalue weighted by atomic mass is 19.1. The molecule has 0 aliphatic heterocycles. The van der Waals surface area contributed by atoms with Crippen LogP contribution in [0.1, 0.15) is 87.2 Å². The molecule has 0 spiro atoms. The van der Waals surface area contributed by atoms with Gasteiger partial charge in [-0.15, -0.1) is 0 Å². The van der Waals surface area contributed by atoms with Crippen molar-refractivity contribution in [1.82, 2.24) is 25.3 Å². The third kappa shape index (κ3) is 6.73. The molecule has 238 valence electrons. The quantitative estimate of drug-likeness (QED) is 0.265. The minimum Gasteiger partial charge on any atom is -0.480 e. The smallest absolute Gasteiger partial charge is 0.326 e.